The SMILES string of the molecule is CN=C(NCc1cccnc1-n1ccnc1C)NCC1CCCO1.I. The minimum absolute atomic E-state index is 0. The van der Waals surface area contributed by atoms with Crippen molar-refractivity contribution in [2.45, 2.75) is 32.4 Å². The molecule has 3 heterocycles. The summed E-state index contributed by atoms with van der Waals surface area (Å²) in [4.78, 5) is 13.0. The van der Waals surface area contributed by atoms with Gasteiger partial charge in [0.1, 0.15) is 11.6 Å². The zero-order valence-electron chi connectivity index (χ0n) is 14.6. The predicted molar refractivity (Wildman–Crippen MR) is 109 cm³/mol. The average molecular weight is 456 g/mol. The van der Waals surface area contributed by atoms with Gasteiger partial charge in [-0.25, -0.2) is 9.97 Å². The molecule has 0 spiro atoms. The summed E-state index contributed by atoms with van der Waals surface area (Å²) in [7, 11) is 1.77. The van der Waals surface area contributed by atoms with Crippen molar-refractivity contribution < 1.29 is 4.74 Å². The molecule has 0 saturated carbocycles. The van der Waals surface area contributed by atoms with E-state index in [2.05, 4.69) is 31.7 Å². The lowest BCUT2D eigenvalue weighted by Crippen LogP contribution is -2.40. The van der Waals surface area contributed by atoms with Crippen molar-refractivity contribution in [1.29, 1.82) is 0 Å². The Morgan fingerprint density at radius 3 is 2.92 bits per heavy atom. The van der Waals surface area contributed by atoms with Crippen LogP contribution in [0.2, 0.25) is 0 Å². The summed E-state index contributed by atoms with van der Waals surface area (Å²) in [5.41, 5.74) is 1.08. The van der Waals surface area contributed by atoms with Crippen molar-refractivity contribution in [1.82, 2.24) is 25.2 Å². The van der Waals surface area contributed by atoms with Crippen LogP contribution in [0.5, 0.6) is 0 Å². The fourth-order valence-electron chi connectivity index (χ4n) is 2.80. The van der Waals surface area contributed by atoms with Crippen molar-refractivity contribution in [3.63, 3.8) is 0 Å². The van der Waals surface area contributed by atoms with E-state index in [1.54, 1.807) is 19.4 Å². The number of pyridine rings is 1. The van der Waals surface area contributed by atoms with E-state index in [0.717, 1.165) is 49.2 Å². The molecule has 1 fully saturated rings. The van der Waals surface area contributed by atoms with Gasteiger partial charge in [0.2, 0.25) is 0 Å². The van der Waals surface area contributed by atoms with Crippen LogP contribution in [-0.2, 0) is 11.3 Å². The fourth-order valence-corrected chi connectivity index (χ4v) is 2.80. The molecule has 1 atom stereocenters. The lowest BCUT2D eigenvalue weighted by molar-refractivity contribution is 0.114. The smallest absolute Gasteiger partial charge is 0.191 e. The largest absolute Gasteiger partial charge is 0.376 e. The van der Waals surface area contributed by atoms with Gasteiger partial charge in [0.05, 0.1) is 6.10 Å². The van der Waals surface area contributed by atoms with Crippen LogP contribution in [0.3, 0.4) is 0 Å². The standard InChI is InChI=1S/C17H24N6O.HI/c1-13-19-8-9-23(13)16-14(5-3-7-20-16)11-21-17(18-2)22-12-15-6-4-10-24-15;/h3,5,7-9,15H,4,6,10-12H2,1-2H3,(H2,18,21,22);1H. The molecular formula is C17H25IN6O. The third-order valence-electron chi connectivity index (χ3n) is 4.11. The molecule has 25 heavy (non-hydrogen) atoms. The Kier molecular flexibility index (Phi) is 7.63. The van der Waals surface area contributed by atoms with Crippen LogP contribution in [0.1, 0.15) is 24.2 Å². The number of halogens is 1. The van der Waals surface area contributed by atoms with Crippen LogP contribution < -0.4 is 10.6 Å². The van der Waals surface area contributed by atoms with Gasteiger partial charge < -0.3 is 15.4 Å². The number of ether oxygens (including phenoxy) is 1. The lowest BCUT2D eigenvalue weighted by atomic mass is 10.2. The molecule has 0 radical (unpaired) electrons. The summed E-state index contributed by atoms with van der Waals surface area (Å²) in [5, 5.41) is 6.66. The van der Waals surface area contributed by atoms with Crippen molar-refractivity contribution in [2.75, 3.05) is 20.2 Å². The molecule has 1 aliphatic rings. The summed E-state index contributed by atoms with van der Waals surface area (Å²) in [6.07, 6.45) is 8.03. The molecule has 2 aromatic heterocycles. The monoisotopic (exact) mass is 456 g/mol. The first-order valence-corrected chi connectivity index (χ1v) is 8.28. The lowest BCUT2D eigenvalue weighted by Gasteiger charge is -2.16. The van der Waals surface area contributed by atoms with Gasteiger partial charge in [0.25, 0.3) is 0 Å². The summed E-state index contributed by atoms with van der Waals surface area (Å²) in [6.45, 7) is 4.24. The normalized spacial score (nSPS) is 17.2. The second kappa shape index (κ2) is 9.71. The quantitative estimate of drug-likeness (QED) is 0.409. The van der Waals surface area contributed by atoms with Crippen LogP contribution in [0.15, 0.2) is 35.7 Å². The zero-order chi connectivity index (χ0) is 16.8. The van der Waals surface area contributed by atoms with Crippen molar-refractivity contribution in [3.05, 3.63) is 42.1 Å². The Morgan fingerprint density at radius 1 is 1.36 bits per heavy atom. The fraction of sp³-hybridized carbons (Fsp3) is 0.471. The predicted octanol–water partition coefficient (Wildman–Crippen LogP) is 2.04. The zero-order valence-corrected chi connectivity index (χ0v) is 16.9. The topological polar surface area (TPSA) is 76.4 Å². The number of hydrogen-bond acceptors (Lipinski definition) is 4. The first-order valence-electron chi connectivity index (χ1n) is 8.28. The second-order valence-corrected chi connectivity index (χ2v) is 5.77. The molecule has 0 aliphatic carbocycles. The van der Waals surface area contributed by atoms with Crippen molar-refractivity contribution >= 4 is 29.9 Å². The number of aryl methyl sites for hydroxylation is 1. The maximum Gasteiger partial charge on any atom is 0.191 e. The van der Waals surface area contributed by atoms with Gasteiger partial charge in [-0.2, -0.15) is 0 Å². The number of aliphatic imine (C=N–C) groups is 1. The first-order chi connectivity index (χ1) is 11.8. The van der Waals surface area contributed by atoms with Crippen LogP contribution in [-0.4, -0.2) is 46.8 Å². The molecule has 1 aliphatic heterocycles. The van der Waals surface area contributed by atoms with E-state index in [4.69, 9.17) is 4.74 Å². The maximum absolute atomic E-state index is 5.63. The average Bonchev–Trinajstić information content (AvgIpc) is 3.27. The molecule has 3 rings (SSSR count). The number of imidazole rings is 1. The van der Waals surface area contributed by atoms with Gasteiger partial charge in [0, 0.05) is 50.9 Å². The molecule has 1 saturated heterocycles. The highest BCUT2D eigenvalue weighted by molar-refractivity contribution is 14.0. The Balaban J connectivity index is 0.00000225. The van der Waals surface area contributed by atoms with Gasteiger partial charge in [-0.3, -0.25) is 9.56 Å². The number of aromatic nitrogens is 3. The number of guanidine groups is 1. The van der Waals surface area contributed by atoms with E-state index in [1.807, 2.05) is 23.8 Å². The molecular weight excluding hydrogens is 431 g/mol. The highest BCUT2D eigenvalue weighted by Crippen LogP contribution is 2.13. The van der Waals surface area contributed by atoms with Crippen LogP contribution >= 0.6 is 24.0 Å². The summed E-state index contributed by atoms with van der Waals surface area (Å²) in [5.74, 6) is 2.56. The first kappa shape index (κ1) is 19.6. The summed E-state index contributed by atoms with van der Waals surface area (Å²) in [6, 6.07) is 4.00. The third-order valence-corrected chi connectivity index (χ3v) is 4.11. The van der Waals surface area contributed by atoms with Gasteiger partial charge >= 0.3 is 0 Å². The number of nitrogens with zero attached hydrogens (tertiary/aromatic N) is 4. The number of rotatable bonds is 5. The Bertz CT molecular complexity index is 696. The van der Waals surface area contributed by atoms with Gasteiger partial charge in [-0.15, -0.1) is 24.0 Å². The minimum Gasteiger partial charge on any atom is -0.376 e. The molecule has 2 N–H and O–H groups in total. The van der Waals surface area contributed by atoms with Crippen LogP contribution in [0.4, 0.5) is 0 Å². The van der Waals surface area contributed by atoms with E-state index in [0.29, 0.717) is 6.54 Å². The molecule has 1 unspecified atom stereocenters. The highest BCUT2D eigenvalue weighted by atomic mass is 127. The Hall–Kier alpha value is -1.68. The minimum atomic E-state index is 0. The van der Waals surface area contributed by atoms with E-state index < -0.39 is 0 Å². The van der Waals surface area contributed by atoms with Crippen molar-refractivity contribution in [2.24, 2.45) is 4.99 Å². The van der Waals surface area contributed by atoms with E-state index in [-0.39, 0.29) is 30.1 Å². The molecule has 8 heteroatoms. The van der Waals surface area contributed by atoms with E-state index >= 15 is 0 Å². The molecule has 136 valence electrons. The van der Waals surface area contributed by atoms with Gasteiger partial charge in [-0.05, 0) is 25.8 Å². The molecule has 2 aromatic rings. The van der Waals surface area contributed by atoms with Crippen LogP contribution in [0.25, 0.3) is 5.82 Å². The Labute approximate surface area is 165 Å². The molecule has 7 nitrogen and oxygen atoms in total. The third kappa shape index (κ3) is 5.15. The van der Waals surface area contributed by atoms with E-state index in [9.17, 15) is 0 Å². The van der Waals surface area contributed by atoms with Crippen molar-refractivity contribution in [3.8, 4) is 5.82 Å². The van der Waals surface area contributed by atoms with Gasteiger partial charge in [-0.1, -0.05) is 6.07 Å². The summed E-state index contributed by atoms with van der Waals surface area (Å²) >= 11 is 0. The second-order valence-electron chi connectivity index (χ2n) is 5.77. The number of nitrogens with one attached hydrogen (secondary N) is 2. The Morgan fingerprint density at radius 2 is 2.24 bits per heavy atom. The van der Waals surface area contributed by atoms with E-state index in [1.165, 1.54) is 0 Å². The van der Waals surface area contributed by atoms with Gasteiger partial charge in [0.15, 0.2) is 5.96 Å². The molecule has 0 bridgehead atoms. The summed E-state index contributed by atoms with van der Waals surface area (Å²) < 4.78 is 7.61. The molecule has 0 aromatic carbocycles. The number of hydrogen-bond donors (Lipinski definition) is 2. The molecule has 0 amide bonds. The maximum atomic E-state index is 5.63. The van der Waals surface area contributed by atoms with Crippen LogP contribution in [0, 0.1) is 6.92 Å². The highest BCUT2D eigenvalue weighted by Gasteiger charge is 2.15.